The van der Waals surface area contributed by atoms with Crippen LogP contribution in [0.5, 0.6) is 0 Å². The summed E-state index contributed by atoms with van der Waals surface area (Å²) in [5, 5.41) is 10.3. The van der Waals surface area contributed by atoms with Crippen LogP contribution in [0.1, 0.15) is 47.9 Å². The maximum Gasteiger partial charge on any atom is 0.272 e. The molecule has 1 fully saturated rings. The molecule has 1 aliphatic carbocycles. The third-order valence-corrected chi connectivity index (χ3v) is 4.27. The first-order chi connectivity index (χ1) is 10.3. The molecule has 1 saturated heterocycles. The Morgan fingerprint density at radius 2 is 2.33 bits per heavy atom. The van der Waals surface area contributed by atoms with Gasteiger partial charge in [-0.3, -0.25) is 9.89 Å². The van der Waals surface area contributed by atoms with E-state index in [1.54, 1.807) is 0 Å². The third kappa shape index (κ3) is 3.11. The molecular weight excluding hydrogens is 270 g/mol. The van der Waals surface area contributed by atoms with Gasteiger partial charge in [-0.25, -0.2) is 0 Å². The lowest BCUT2D eigenvalue weighted by Crippen LogP contribution is -2.50. The van der Waals surface area contributed by atoms with Crippen LogP contribution in [-0.4, -0.2) is 48.1 Å². The Morgan fingerprint density at radius 1 is 1.48 bits per heavy atom. The molecule has 0 bridgehead atoms. The number of aromatic nitrogens is 2. The Hall–Kier alpha value is -1.40. The Bertz CT molecular complexity index is 498. The van der Waals surface area contributed by atoms with Crippen LogP contribution in [0.4, 0.5) is 0 Å². The summed E-state index contributed by atoms with van der Waals surface area (Å²) in [4.78, 5) is 12.5. The molecule has 0 aromatic carbocycles. The first-order valence-electron chi connectivity index (χ1n) is 7.86. The van der Waals surface area contributed by atoms with Gasteiger partial charge in [-0.2, -0.15) is 5.10 Å². The summed E-state index contributed by atoms with van der Waals surface area (Å²) in [6, 6.07) is 0.00198. The highest BCUT2D eigenvalue weighted by Gasteiger charge is 2.30. The standard InChI is InChI=1S/C15H23N3O3/c1-2-21-13-9-20-8-7-12(13)16-15(19)14-10-5-3-4-6-11(10)17-18-14/h12-13H,2-9H2,1H3,(H,16,19)(H,17,18). The first-order valence-corrected chi connectivity index (χ1v) is 7.86. The molecule has 116 valence electrons. The van der Waals surface area contributed by atoms with Crippen LogP contribution in [0.25, 0.3) is 0 Å². The van der Waals surface area contributed by atoms with E-state index in [9.17, 15) is 4.79 Å². The van der Waals surface area contributed by atoms with Gasteiger partial charge in [-0.15, -0.1) is 0 Å². The number of H-pyrrole nitrogens is 1. The lowest BCUT2D eigenvalue weighted by atomic mass is 9.95. The summed E-state index contributed by atoms with van der Waals surface area (Å²) in [5.41, 5.74) is 2.78. The normalized spacial score (nSPS) is 25.4. The van der Waals surface area contributed by atoms with Crippen molar-refractivity contribution in [1.82, 2.24) is 15.5 Å². The van der Waals surface area contributed by atoms with Crippen molar-refractivity contribution in [1.29, 1.82) is 0 Å². The van der Waals surface area contributed by atoms with E-state index in [4.69, 9.17) is 9.47 Å². The van der Waals surface area contributed by atoms with Gasteiger partial charge in [0.2, 0.25) is 0 Å². The molecule has 6 nitrogen and oxygen atoms in total. The van der Waals surface area contributed by atoms with Crippen molar-refractivity contribution in [2.45, 2.75) is 51.2 Å². The van der Waals surface area contributed by atoms with Gasteiger partial charge in [0.15, 0.2) is 5.69 Å². The fourth-order valence-electron chi connectivity index (χ4n) is 3.16. The molecular formula is C15H23N3O3. The van der Waals surface area contributed by atoms with Gasteiger partial charge in [0.1, 0.15) is 6.10 Å². The van der Waals surface area contributed by atoms with E-state index in [1.807, 2.05) is 6.92 Å². The second-order valence-corrected chi connectivity index (χ2v) is 5.67. The van der Waals surface area contributed by atoms with Crippen LogP contribution in [-0.2, 0) is 22.3 Å². The molecule has 2 aliphatic rings. The summed E-state index contributed by atoms with van der Waals surface area (Å²) in [7, 11) is 0. The second-order valence-electron chi connectivity index (χ2n) is 5.67. The molecule has 1 amide bonds. The molecule has 0 spiro atoms. The van der Waals surface area contributed by atoms with Crippen LogP contribution in [0.3, 0.4) is 0 Å². The molecule has 1 aromatic rings. The van der Waals surface area contributed by atoms with Crippen LogP contribution in [0, 0.1) is 0 Å². The van der Waals surface area contributed by atoms with Gasteiger partial charge >= 0.3 is 0 Å². The molecule has 1 aliphatic heterocycles. The number of fused-ring (bicyclic) bond motifs is 1. The fourth-order valence-corrected chi connectivity index (χ4v) is 3.16. The summed E-state index contributed by atoms with van der Waals surface area (Å²) in [6.45, 7) is 3.78. The number of carbonyl (C=O) groups is 1. The van der Waals surface area contributed by atoms with Crippen LogP contribution in [0.2, 0.25) is 0 Å². The highest BCUT2D eigenvalue weighted by molar-refractivity contribution is 5.94. The van der Waals surface area contributed by atoms with Gasteiger partial charge in [-0.1, -0.05) is 0 Å². The summed E-state index contributed by atoms with van der Waals surface area (Å²) >= 11 is 0. The lowest BCUT2D eigenvalue weighted by Gasteiger charge is -2.31. The molecule has 21 heavy (non-hydrogen) atoms. The Labute approximate surface area is 124 Å². The number of aromatic amines is 1. The minimum Gasteiger partial charge on any atom is -0.379 e. The fraction of sp³-hybridized carbons (Fsp3) is 0.733. The highest BCUT2D eigenvalue weighted by atomic mass is 16.5. The molecule has 2 unspecified atom stereocenters. The van der Waals surface area contributed by atoms with Crippen LogP contribution < -0.4 is 5.32 Å². The number of carbonyl (C=O) groups excluding carboxylic acids is 1. The quantitative estimate of drug-likeness (QED) is 0.875. The Morgan fingerprint density at radius 3 is 3.19 bits per heavy atom. The molecule has 1 aromatic heterocycles. The van der Waals surface area contributed by atoms with Crippen molar-refractivity contribution in [3.8, 4) is 0 Å². The molecule has 2 N–H and O–H groups in total. The molecule has 3 rings (SSSR count). The van der Waals surface area contributed by atoms with Crippen molar-refractivity contribution >= 4 is 5.91 Å². The zero-order chi connectivity index (χ0) is 14.7. The number of aryl methyl sites for hydroxylation is 1. The minimum absolute atomic E-state index is 0.00198. The van der Waals surface area contributed by atoms with Gasteiger partial charge in [0, 0.05) is 24.5 Å². The maximum atomic E-state index is 12.5. The predicted octanol–water partition coefficient (Wildman–Crippen LogP) is 1.21. The van der Waals surface area contributed by atoms with Crippen molar-refractivity contribution in [2.24, 2.45) is 0 Å². The van der Waals surface area contributed by atoms with E-state index < -0.39 is 0 Å². The predicted molar refractivity (Wildman–Crippen MR) is 77.3 cm³/mol. The number of hydrogen-bond acceptors (Lipinski definition) is 4. The molecule has 6 heteroatoms. The van der Waals surface area contributed by atoms with E-state index in [2.05, 4.69) is 15.5 Å². The van der Waals surface area contributed by atoms with E-state index >= 15 is 0 Å². The summed E-state index contributed by atoms with van der Waals surface area (Å²) in [5.74, 6) is -0.0917. The van der Waals surface area contributed by atoms with E-state index in [0.29, 0.717) is 25.5 Å². The van der Waals surface area contributed by atoms with Gasteiger partial charge < -0.3 is 14.8 Å². The van der Waals surface area contributed by atoms with E-state index in [1.165, 1.54) is 6.42 Å². The van der Waals surface area contributed by atoms with Crippen molar-refractivity contribution in [3.63, 3.8) is 0 Å². The van der Waals surface area contributed by atoms with E-state index in [0.717, 1.165) is 36.9 Å². The van der Waals surface area contributed by atoms with Crippen molar-refractivity contribution in [2.75, 3.05) is 19.8 Å². The monoisotopic (exact) mass is 293 g/mol. The topological polar surface area (TPSA) is 76.2 Å². The highest BCUT2D eigenvalue weighted by Crippen LogP contribution is 2.22. The van der Waals surface area contributed by atoms with Gasteiger partial charge in [-0.05, 0) is 39.0 Å². The molecule has 2 heterocycles. The first kappa shape index (κ1) is 14.5. The molecule has 0 radical (unpaired) electrons. The largest absolute Gasteiger partial charge is 0.379 e. The second kappa shape index (κ2) is 6.58. The summed E-state index contributed by atoms with van der Waals surface area (Å²) in [6.07, 6.45) is 4.95. The van der Waals surface area contributed by atoms with Gasteiger partial charge in [0.25, 0.3) is 5.91 Å². The number of nitrogens with one attached hydrogen (secondary N) is 2. The SMILES string of the molecule is CCOC1COCCC1NC(=O)c1n[nH]c2c1CCCC2. The number of hydrogen-bond donors (Lipinski definition) is 2. The number of amides is 1. The Kier molecular flexibility index (Phi) is 4.55. The van der Waals surface area contributed by atoms with Crippen molar-refractivity contribution < 1.29 is 14.3 Å². The number of nitrogens with zero attached hydrogens (tertiary/aromatic N) is 1. The Balaban J connectivity index is 1.69. The van der Waals surface area contributed by atoms with Crippen LogP contribution >= 0.6 is 0 Å². The maximum absolute atomic E-state index is 12.5. The van der Waals surface area contributed by atoms with Crippen LogP contribution in [0.15, 0.2) is 0 Å². The van der Waals surface area contributed by atoms with E-state index in [-0.39, 0.29) is 18.1 Å². The zero-order valence-corrected chi connectivity index (χ0v) is 12.5. The van der Waals surface area contributed by atoms with Crippen molar-refractivity contribution in [3.05, 3.63) is 17.0 Å². The minimum atomic E-state index is -0.0917. The average molecular weight is 293 g/mol. The average Bonchev–Trinajstić information content (AvgIpc) is 2.93. The number of ether oxygens (including phenoxy) is 2. The number of rotatable bonds is 4. The van der Waals surface area contributed by atoms with Gasteiger partial charge in [0.05, 0.1) is 12.6 Å². The molecule has 2 atom stereocenters. The molecule has 0 saturated carbocycles. The smallest absolute Gasteiger partial charge is 0.272 e. The summed E-state index contributed by atoms with van der Waals surface area (Å²) < 4.78 is 11.1. The lowest BCUT2D eigenvalue weighted by molar-refractivity contribution is -0.0633. The third-order valence-electron chi connectivity index (χ3n) is 4.27. The zero-order valence-electron chi connectivity index (χ0n) is 12.5.